The Morgan fingerprint density at radius 3 is 2.55 bits per heavy atom. The number of benzene rings is 1. The minimum absolute atomic E-state index is 0. The van der Waals surface area contributed by atoms with Gasteiger partial charge in [0.1, 0.15) is 0 Å². The van der Waals surface area contributed by atoms with Gasteiger partial charge in [0.2, 0.25) is 10.0 Å². The Labute approximate surface area is 205 Å². The summed E-state index contributed by atoms with van der Waals surface area (Å²) in [5.74, 6) is 1.52. The predicted octanol–water partition coefficient (Wildman–Crippen LogP) is 2.87. The van der Waals surface area contributed by atoms with Crippen molar-refractivity contribution in [3.63, 3.8) is 0 Å². The van der Waals surface area contributed by atoms with E-state index in [4.69, 9.17) is 0 Å². The molecule has 2 unspecified atom stereocenters. The Bertz CT molecular complexity index is 825. The third kappa shape index (κ3) is 7.03. The maximum atomic E-state index is 13.2. The van der Waals surface area contributed by atoms with Crippen LogP contribution in [0, 0.1) is 5.92 Å². The number of likely N-dealkylation sites (N-methyl/N-ethyl adjacent to an activating group) is 1. The van der Waals surface area contributed by atoms with Gasteiger partial charge in [-0.25, -0.2) is 8.42 Å². The summed E-state index contributed by atoms with van der Waals surface area (Å²) in [5, 5.41) is 6.88. The third-order valence-corrected chi connectivity index (χ3v) is 8.42. The molecule has 2 atom stereocenters. The molecule has 0 amide bonds. The molecule has 1 heterocycles. The zero-order valence-electron chi connectivity index (χ0n) is 19.0. The lowest BCUT2D eigenvalue weighted by atomic mass is 9.84. The minimum Gasteiger partial charge on any atom is -0.354 e. The molecule has 31 heavy (non-hydrogen) atoms. The second-order valence-corrected chi connectivity index (χ2v) is 10.4. The van der Waals surface area contributed by atoms with Crippen molar-refractivity contribution in [2.75, 3.05) is 40.3 Å². The Morgan fingerprint density at radius 1 is 1.16 bits per heavy atom. The summed E-state index contributed by atoms with van der Waals surface area (Å²) in [6.45, 7) is 5.27. The molecule has 1 saturated carbocycles. The monoisotopic (exact) mass is 563 g/mol. The van der Waals surface area contributed by atoms with Crippen LogP contribution in [0.4, 0.5) is 0 Å². The molecule has 2 N–H and O–H groups in total. The molecule has 1 aromatic carbocycles. The van der Waals surface area contributed by atoms with Crippen LogP contribution in [0.2, 0.25) is 0 Å². The van der Waals surface area contributed by atoms with E-state index in [-0.39, 0.29) is 24.0 Å². The second-order valence-electron chi connectivity index (χ2n) is 8.52. The molecule has 0 radical (unpaired) electrons. The molecule has 176 valence electrons. The first-order chi connectivity index (χ1) is 14.4. The maximum absolute atomic E-state index is 13.2. The molecule has 9 heteroatoms. The van der Waals surface area contributed by atoms with Gasteiger partial charge in [-0.2, -0.15) is 4.31 Å². The molecule has 7 nitrogen and oxygen atoms in total. The van der Waals surface area contributed by atoms with Gasteiger partial charge < -0.3 is 15.5 Å². The first-order valence-corrected chi connectivity index (χ1v) is 12.6. The molecular weight excluding hydrogens is 525 g/mol. The standard InChI is InChI=1S/C22H37N5O2S.HI/c1-4-18-8-7-10-20(16-18)25-22(23-2)24-17-19-9-5-6-11-21(19)30(28,29)27-14-12-26(3)13-15-27;/h5-6,9,11,18,20H,4,7-8,10,12-17H2,1-3H3,(H2,23,24,25);1H. The van der Waals surface area contributed by atoms with Gasteiger partial charge in [-0.3, -0.25) is 4.99 Å². The van der Waals surface area contributed by atoms with Crippen molar-refractivity contribution in [2.24, 2.45) is 10.9 Å². The van der Waals surface area contributed by atoms with Crippen molar-refractivity contribution >= 4 is 40.0 Å². The van der Waals surface area contributed by atoms with Gasteiger partial charge in [0, 0.05) is 45.8 Å². The summed E-state index contributed by atoms with van der Waals surface area (Å²) in [7, 11) is 0.287. The van der Waals surface area contributed by atoms with Crippen molar-refractivity contribution in [1.82, 2.24) is 19.8 Å². The SMILES string of the molecule is CCC1CCCC(NC(=NC)NCc2ccccc2S(=O)(=O)N2CCN(C)CC2)C1.I. The van der Waals surface area contributed by atoms with Gasteiger partial charge in [0.25, 0.3) is 0 Å². The molecule has 2 fully saturated rings. The van der Waals surface area contributed by atoms with Gasteiger partial charge in [0.15, 0.2) is 5.96 Å². The Hall–Kier alpha value is -0.910. The van der Waals surface area contributed by atoms with Gasteiger partial charge in [-0.15, -0.1) is 24.0 Å². The Kier molecular flexibility index (Phi) is 10.5. The summed E-state index contributed by atoms with van der Waals surface area (Å²) in [6, 6.07) is 7.72. The van der Waals surface area contributed by atoms with Crippen molar-refractivity contribution in [2.45, 2.75) is 56.5 Å². The number of guanidine groups is 1. The summed E-state index contributed by atoms with van der Waals surface area (Å²) in [4.78, 5) is 6.91. The molecule has 0 bridgehead atoms. The number of sulfonamides is 1. The van der Waals surface area contributed by atoms with E-state index in [0.29, 0.717) is 30.6 Å². The van der Waals surface area contributed by atoms with Gasteiger partial charge >= 0.3 is 0 Å². The van der Waals surface area contributed by atoms with Crippen LogP contribution >= 0.6 is 24.0 Å². The molecule has 1 aliphatic heterocycles. The lowest BCUT2D eigenvalue weighted by molar-refractivity contribution is 0.222. The number of piperazine rings is 1. The fraction of sp³-hybridized carbons (Fsp3) is 0.682. The topological polar surface area (TPSA) is 77.0 Å². The number of rotatable bonds is 6. The predicted molar refractivity (Wildman–Crippen MR) is 137 cm³/mol. The summed E-state index contributed by atoms with van der Waals surface area (Å²) in [5.41, 5.74) is 0.773. The lowest BCUT2D eigenvalue weighted by Crippen LogP contribution is -2.47. The first kappa shape index (κ1) is 26.3. The third-order valence-electron chi connectivity index (χ3n) is 6.42. The highest BCUT2D eigenvalue weighted by Gasteiger charge is 2.29. The number of aliphatic imine (C=N–C) groups is 1. The number of nitrogens with one attached hydrogen (secondary N) is 2. The number of hydrogen-bond donors (Lipinski definition) is 2. The molecule has 1 aromatic rings. The minimum atomic E-state index is -3.50. The Balaban J connectivity index is 0.00000341. The van der Waals surface area contributed by atoms with Gasteiger partial charge in [-0.1, -0.05) is 44.4 Å². The van der Waals surface area contributed by atoms with E-state index in [9.17, 15) is 8.42 Å². The fourth-order valence-electron chi connectivity index (χ4n) is 4.43. The van der Waals surface area contributed by atoms with Crippen molar-refractivity contribution in [3.05, 3.63) is 29.8 Å². The lowest BCUT2D eigenvalue weighted by Gasteiger charge is -2.32. The number of halogens is 1. The van der Waals surface area contributed by atoms with E-state index in [1.807, 2.05) is 19.2 Å². The second kappa shape index (κ2) is 12.4. The van der Waals surface area contributed by atoms with Crippen LogP contribution in [-0.2, 0) is 16.6 Å². The summed E-state index contributed by atoms with van der Waals surface area (Å²) in [6.07, 6.45) is 6.12. The number of nitrogens with zero attached hydrogens (tertiary/aromatic N) is 3. The van der Waals surface area contributed by atoms with Crippen LogP contribution in [0.15, 0.2) is 34.2 Å². The Morgan fingerprint density at radius 2 is 1.87 bits per heavy atom. The molecule has 0 aromatic heterocycles. The van der Waals surface area contributed by atoms with E-state index < -0.39 is 10.0 Å². The fourth-order valence-corrected chi connectivity index (χ4v) is 6.07. The molecular formula is C22H38IN5O2S. The van der Waals surface area contributed by atoms with Crippen LogP contribution < -0.4 is 10.6 Å². The van der Waals surface area contributed by atoms with Crippen LogP contribution in [0.1, 0.15) is 44.6 Å². The van der Waals surface area contributed by atoms with E-state index in [1.165, 1.54) is 25.7 Å². The average molecular weight is 564 g/mol. The zero-order valence-corrected chi connectivity index (χ0v) is 22.2. The van der Waals surface area contributed by atoms with Crippen LogP contribution in [0.3, 0.4) is 0 Å². The highest BCUT2D eigenvalue weighted by atomic mass is 127. The first-order valence-electron chi connectivity index (χ1n) is 11.2. The molecule has 1 saturated heterocycles. The van der Waals surface area contributed by atoms with Gasteiger partial charge in [-0.05, 0) is 37.4 Å². The summed E-state index contributed by atoms with van der Waals surface area (Å²) >= 11 is 0. The van der Waals surface area contributed by atoms with Gasteiger partial charge in [0.05, 0.1) is 4.90 Å². The highest BCUT2D eigenvalue weighted by molar-refractivity contribution is 14.0. The highest BCUT2D eigenvalue weighted by Crippen LogP contribution is 2.26. The van der Waals surface area contributed by atoms with E-state index in [2.05, 4.69) is 27.4 Å². The number of hydrogen-bond acceptors (Lipinski definition) is 4. The maximum Gasteiger partial charge on any atom is 0.243 e. The molecule has 2 aliphatic rings. The molecule has 3 rings (SSSR count). The molecule has 0 spiro atoms. The van der Waals surface area contributed by atoms with E-state index >= 15 is 0 Å². The molecule has 1 aliphatic carbocycles. The van der Waals surface area contributed by atoms with E-state index in [1.54, 1.807) is 23.5 Å². The van der Waals surface area contributed by atoms with E-state index in [0.717, 1.165) is 37.0 Å². The quantitative estimate of drug-likeness (QED) is 0.317. The van der Waals surface area contributed by atoms with Crippen molar-refractivity contribution < 1.29 is 8.42 Å². The van der Waals surface area contributed by atoms with Crippen molar-refractivity contribution in [3.8, 4) is 0 Å². The van der Waals surface area contributed by atoms with Crippen LogP contribution in [-0.4, -0.2) is 69.9 Å². The summed E-state index contributed by atoms with van der Waals surface area (Å²) < 4.78 is 28.1. The average Bonchev–Trinajstić information content (AvgIpc) is 2.77. The van der Waals surface area contributed by atoms with Crippen LogP contribution in [0.5, 0.6) is 0 Å². The normalized spacial score (nSPS) is 23.8. The smallest absolute Gasteiger partial charge is 0.243 e. The van der Waals surface area contributed by atoms with Crippen molar-refractivity contribution in [1.29, 1.82) is 0 Å². The van der Waals surface area contributed by atoms with Crippen LogP contribution in [0.25, 0.3) is 0 Å². The zero-order chi connectivity index (χ0) is 21.6. The largest absolute Gasteiger partial charge is 0.354 e.